The molecule has 1 atom stereocenters. The van der Waals surface area contributed by atoms with E-state index in [1.54, 1.807) is 13.8 Å². The van der Waals surface area contributed by atoms with E-state index in [1.165, 1.54) is 35.9 Å². The molecule has 3 rings (SSSR count). The van der Waals surface area contributed by atoms with Crippen molar-refractivity contribution in [3.8, 4) is 5.82 Å². The van der Waals surface area contributed by atoms with Gasteiger partial charge in [-0.05, 0) is 45.0 Å². The van der Waals surface area contributed by atoms with Gasteiger partial charge in [-0.15, -0.1) is 5.10 Å². The molecule has 1 N–H and O–H groups in total. The van der Waals surface area contributed by atoms with Crippen molar-refractivity contribution < 1.29 is 18.0 Å². The zero-order chi connectivity index (χ0) is 21.3. The van der Waals surface area contributed by atoms with Crippen LogP contribution in [0.4, 0.5) is 18.9 Å². The fourth-order valence-electron chi connectivity index (χ4n) is 2.85. The van der Waals surface area contributed by atoms with Gasteiger partial charge in [-0.2, -0.15) is 18.3 Å². The van der Waals surface area contributed by atoms with Crippen LogP contribution in [0, 0.1) is 13.8 Å². The second kappa shape index (κ2) is 7.53. The molecule has 2 aromatic heterocycles. The lowest BCUT2D eigenvalue weighted by atomic mass is 10.1. The van der Waals surface area contributed by atoms with Gasteiger partial charge in [0.05, 0.1) is 16.9 Å². The van der Waals surface area contributed by atoms with Crippen molar-refractivity contribution in [3.05, 3.63) is 69.8 Å². The fraction of sp³-hybridized carbons (Fsp3) is 0.263. The van der Waals surface area contributed by atoms with Gasteiger partial charge in [0.25, 0.3) is 5.56 Å². The molecule has 10 heteroatoms. The minimum atomic E-state index is -4.63. The monoisotopic (exact) mass is 405 g/mol. The van der Waals surface area contributed by atoms with E-state index in [2.05, 4.69) is 15.5 Å². The molecule has 1 amide bonds. The molecule has 0 fully saturated rings. The lowest BCUT2D eigenvalue weighted by Gasteiger charge is -2.17. The molecule has 1 aromatic carbocycles. The largest absolute Gasteiger partial charge is 0.418 e. The Morgan fingerprint density at radius 2 is 1.79 bits per heavy atom. The summed E-state index contributed by atoms with van der Waals surface area (Å²) in [5.74, 6) is -0.493. The van der Waals surface area contributed by atoms with Crippen molar-refractivity contribution in [1.82, 2.24) is 19.6 Å². The average Bonchev–Trinajstić information content (AvgIpc) is 2.99. The molecule has 0 spiro atoms. The van der Waals surface area contributed by atoms with E-state index in [1.807, 2.05) is 6.07 Å². The van der Waals surface area contributed by atoms with Crippen LogP contribution in [0.15, 0.2) is 47.3 Å². The Kier molecular flexibility index (Phi) is 5.27. The molecule has 3 aromatic rings. The standard InChI is InChI=1S/C19H18F3N5O2/c1-11-10-12(2)26(24-11)16-8-9-17(28)27(25-16)13(3)18(29)23-15-7-5-4-6-14(15)19(20,21)22/h4-10,13H,1-3H3,(H,23,29). The maximum absolute atomic E-state index is 13.1. The smallest absolute Gasteiger partial charge is 0.324 e. The molecule has 0 saturated heterocycles. The summed E-state index contributed by atoms with van der Waals surface area (Å²) in [6.45, 7) is 4.99. The van der Waals surface area contributed by atoms with E-state index >= 15 is 0 Å². The first kappa shape index (κ1) is 20.3. The molecule has 152 valence electrons. The maximum Gasteiger partial charge on any atom is 0.418 e. The molecule has 0 aliphatic carbocycles. The Hall–Kier alpha value is -3.43. The molecular weight excluding hydrogens is 387 g/mol. The Balaban J connectivity index is 1.92. The SMILES string of the molecule is Cc1cc(C)n(-c2ccc(=O)n(C(C)C(=O)Nc3ccccc3C(F)(F)F)n2)n1. The van der Waals surface area contributed by atoms with Crippen LogP contribution in [0.25, 0.3) is 5.82 Å². The van der Waals surface area contributed by atoms with Crippen molar-refractivity contribution in [2.24, 2.45) is 0 Å². The molecular formula is C19H18F3N5O2. The second-order valence-corrected chi connectivity index (χ2v) is 6.52. The summed E-state index contributed by atoms with van der Waals surface area (Å²) >= 11 is 0. The number of nitrogens with one attached hydrogen (secondary N) is 1. The molecule has 0 saturated carbocycles. The predicted molar refractivity (Wildman–Crippen MR) is 99.9 cm³/mol. The van der Waals surface area contributed by atoms with Gasteiger partial charge in [0.15, 0.2) is 5.82 Å². The van der Waals surface area contributed by atoms with Crippen molar-refractivity contribution >= 4 is 11.6 Å². The van der Waals surface area contributed by atoms with Gasteiger partial charge < -0.3 is 5.32 Å². The van der Waals surface area contributed by atoms with Crippen LogP contribution < -0.4 is 10.9 Å². The number of rotatable bonds is 4. The van der Waals surface area contributed by atoms with E-state index in [4.69, 9.17) is 0 Å². The summed E-state index contributed by atoms with van der Waals surface area (Å²) < 4.78 is 41.8. The van der Waals surface area contributed by atoms with Crippen LogP contribution in [-0.2, 0) is 11.0 Å². The number of carbonyl (C=O) groups is 1. The first-order chi connectivity index (χ1) is 13.6. The highest BCUT2D eigenvalue weighted by molar-refractivity contribution is 5.94. The number of benzene rings is 1. The van der Waals surface area contributed by atoms with Crippen molar-refractivity contribution in [3.63, 3.8) is 0 Å². The van der Waals surface area contributed by atoms with E-state index in [0.29, 0.717) is 5.82 Å². The van der Waals surface area contributed by atoms with Crippen LogP contribution in [-0.4, -0.2) is 25.5 Å². The highest BCUT2D eigenvalue weighted by Crippen LogP contribution is 2.34. The third-order valence-corrected chi connectivity index (χ3v) is 4.27. The fourth-order valence-corrected chi connectivity index (χ4v) is 2.85. The zero-order valence-electron chi connectivity index (χ0n) is 15.9. The highest BCUT2D eigenvalue weighted by atomic mass is 19.4. The van der Waals surface area contributed by atoms with Gasteiger partial charge in [-0.25, -0.2) is 9.36 Å². The summed E-state index contributed by atoms with van der Waals surface area (Å²) in [6, 6.07) is 7.98. The number of nitrogens with zero attached hydrogens (tertiary/aromatic N) is 4. The van der Waals surface area contributed by atoms with Crippen LogP contribution in [0.2, 0.25) is 0 Å². The van der Waals surface area contributed by atoms with E-state index in [-0.39, 0.29) is 5.69 Å². The molecule has 2 heterocycles. The number of hydrogen-bond donors (Lipinski definition) is 1. The molecule has 1 unspecified atom stereocenters. The molecule has 0 aliphatic rings. The number of aromatic nitrogens is 4. The van der Waals surface area contributed by atoms with Gasteiger partial charge in [0.1, 0.15) is 6.04 Å². The van der Waals surface area contributed by atoms with Gasteiger partial charge in [-0.1, -0.05) is 12.1 Å². The van der Waals surface area contributed by atoms with Gasteiger partial charge in [-0.3, -0.25) is 9.59 Å². The molecule has 0 aliphatic heterocycles. The Labute approximate surface area is 163 Å². The van der Waals surface area contributed by atoms with Crippen LogP contribution in [0.3, 0.4) is 0 Å². The number of para-hydroxylation sites is 1. The van der Waals surface area contributed by atoms with E-state index in [9.17, 15) is 22.8 Å². The third-order valence-electron chi connectivity index (χ3n) is 4.27. The predicted octanol–water partition coefficient (Wildman–Crippen LogP) is 3.26. The Bertz CT molecular complexity index is 1120. The lowest BCUT2D eigenvalue weighted by molar-refractivity contribution is -0.137. The van der Waals surface area contributed by atoms with Crippen molar-refractivity contribution in [2.45, 2.75) is 33.0 Å². The number of hydrogen-bond acceptors (Lipinski definition) is 4. The third kappa shape index (κ3) is 4.20. The summed E-state index contributed by atoms with van der Waals surface area (Å²) in [6.07, 6.45) is -4.63. The number of amides is 1. The number of carbonyl (C=O) groups excluding carboxylic acids is 1. The molecule has 0 radical (unpaired) electrons. The number of anilines is 1. The van der Waals surface area contributed by atoms with Gasteiger partial charge in [0, 0.05) is 11.8 Å². The first-order valence-corrected chi connectivity index (χ1v) is 8.68. The maximum atomic E-state index is 13.1. The van der Waals surface area contributed by atoms with Gasteiger partial charge >= 0.3 is 6.18 Å². The number of aryl methyl sites for hydroxylation is 2. The van der Waals surface area contributed by atoms with Crippen LogP contribution >= 0.6 is 0 Å². The topological polar surface area (TPSA) is 81.8 Å². The average molecular weight is 405 g/mol. The van der Waals surface area contributed by atoms with Crippen LogP contribution in [0.5, 0.6) is 0 Å². The zero-order valence-corrected chi connectivity index (χ0v) is 15.9. The summed E-state index contributed by atoms with van der Waals surface area (Å²) in [5, 5.41) is 10.7. The summed E-state index contributed by atoms with van der Waals surface area (Å²) in [7, 11) is 0. The van der Waals surface area contributed by atoms with Gasteiger partial charge in [0.2, 0.25) is 5.91 Å². The molecule has 0 bridgehead atoms. The lowest BCUT2D eigenvalue weighted by Crippen LogP contribution is -2.34. The quantitative estimate of drug-likeness (QED) is 0.722. The van der Waals surface area contributed by atoms with Crippen molar-refractivity contribution in [1.29, 1.82) is 0 Å². The van der Waals surface area contributed by atoms with E-state index in [0.717, 1.165) is 28.2 Å². The Morgan fingerprint density at radius 1 is 1.10 bits per heavy atom. The minimum Gasteiger partial charge on any atom is -0.324 e. The van der Waals surface area contributed by atoms with Crippen LogP contribution in [0.1, 0.15) is 29.9 Å². The molecule has 7 nitrogen and oxygen atoms in total. The summed E-state index contributed by atoms with van der Waals surface area (Å²) in [5.41, 5.74) is -0.410. The minimum absolute atomic E-state index is 0.311. The second-order valence-electron chi connectivity index (χ2n) is 6.52. The summed E-state index contributed by atoms with van der Waals surface area (Å²) in [4.78, 5) is 24.8. The Morgan fingerprint density at radius 3 is 2.41 bits per heavy atom. The number of halogens is 3. The molecule has 29 heavy (non-hydrogen) atoms. The highest BCUT2D eigenvalue weighted by Gasteiger charge is 2.34. The first-order valence-electron chi connectivity index (χ1n) is 8.68. The van der Waals surface area contributed by atoms with Crippen molar-refractivity contribution in [2.75, 3.05) is 5.32 Å². The number of alkyl halides is 3. The van der Waals surface area contributed by atoms with E-state index < -0.39 is 29.2 Å². The normalized spacial score (nSPS) is 12.6.